The van der Waals surface area contributed by atoms with Gasteiger partial charge in [0, 0.05) is 10.6 Å². The van der Waals surface area contributed by atoms with Crippen LogP contribution in [0.15, 0.2) is 82.2 Å². The minimum atomic E-state index is -0.845. The normalized spacial score (nSPS) is 16.9. The third-order valence-electron chi connectivity index (χ3n) is 5.42. The number of nitrogens with one attached hydrogen (secondary N) is 1. The van der Waals surface area contributed by atoms with Crippen molar-refractivity contribution in [1.82, 2.24) is 5.32 Å². The number of benzene rings is 2. The van der Waals surface area contributed by atoms with Gasteiger partial charge in [-0.05, 0) is 37.6 Å². The molecule has 0 fully saturated rings. The summed E-state index contributed by atoms with van der Waals surface area (Å²) in [5.74, 6) is -0.726. The molecule has 0 bridgehead atoms. The highest BCUT2D eigenvalue weighted by molar-refractivity contribution is 7.99. The summed E-state index contributed by atoms with van der Waals surface area (Å²) in [6.45, 7) is 3.94. The summed E-state index contributed by atoms with van der Waals surface area (Å²) in [4.78, 5) is 37.9. The van der Waals surface area contributed by atoms with Gasteiger partial charge >= 0.3 is 18.1 Å². The van der Waals surface area contributed by atoms with Crippen molar-refractivity contribution in [2.24, 2.45) is 0 Å². The highest BCUT2D eigenvalue weighted by Crippen LogP contribution is 2.44. The molecule has 2 aliphatic rings. The van der Waals surface area contributed by atoms with Gasteiger partial charge in [-0.3, -0.25) is 0 Å². The number of ether oxygens (including phenoxy) is 4. The van der Waals surface area contributed by atoms with E-state index in [4.69, 9.17) is 18.9 Å². The minimum absolute atomic E-state index is 0.124. The Kier molecular flexibility index (Phi) is 7.77. The van der Waals surface area contributed by atoms with Gasteiger partial charge in [-0.15, -0.1) is 11.8 Å². The number of thioether (sulfide) groups is 1. The number of carbonyl (C=O) groups excluding carboxylic acids is 3. The fourth-order valence-electron chi connectivity index (χ4n) is 3.91. The average Bonchev–Trinajstić information content (AvgIpc) is 3.23. The van der Waals surface area contributed by atoms with E-state index in [1.807, 2.05) is 30.3 Å². The van der Waals surface area contributed by atoms with Gasteiger partial charge in [0.05, 0.1) is 35.1 Å². The van der Waals surface area contributed by atoms with Gasteiger partial charge in [-0.2, -0.15) is 0 Å². The third kappa shape index (κ3) is 5.51. The number of dihydropyridines is 1. The van der Waals surface area contributed by atoms with E-state index in [9.17, 15) is 14.4 Å². The van der Waals surface area contributed by atoms with Crippen LogP contribution in [0.3, 0.4) is 0 Å². The molecule has 0 spiro atoms. The fourth-order valence-corrected chi connectivity index (χ4v) is 4.82. The molecular formula is C26H25NO7S. The van der Waals surface area contributed by atoms with Crippen LogP contribution in [0.5, 0.6) is 0 Å². The second-order valence-corrected chi connectivity index (χ2v) is 8.83. The molecule has 35 heavy (non-hydrogen) atoms. The van der Waals surface area contributed by atoms with Crippen LogP contribution in [0.2, 0.25) is 0 Å². The first-order valence-electron chi connectivity index (χ1n) is 11.2. The smallest absolute Gasteiger partial charge is 0.461 e. The summed E-state index contributed by atoms with van der Waals surface area (Å²) < 4.78 is 21.2. The van der Waals surface area contributed by atoms with E-state index in [1.54, 1.807) is 38.1 Å². The lowest BCUT2D eigenvalue weighted by Gasteiger charge is -2.28. The van der Waals surface area contributed by atoms with Gasteiger partial charge in [-0.25, -0.2) is 14.4 Å². The number of rotatable bonds is 8. The van der Waals surface area contributed by atoms with Crippen molar-refractivity contribution < 1.29 is 33.3 Å². The molecule has 2 aliphatic heterocycles. The van der Waals surface area contributed by atoms with Crippen LogP contribution in [0.25, 0.3) is 0 Å². The van der Waals surface area contributed by atoms with E-state index in [2.05, 4.69) is 5.32 Å². The summed E-state index contributed by atoms with van der Waals surface area (Å²) in [6.07, 6.45) is -0.845. The number of hydrogen-bond acceptors (Lipinski definition) is 9. The predicted octanol–water partition coefficient (Wildman–Crippen LogP) is 4.54. The van der Waals surface area contributed by atoms with Crippen LogP contribution >= 0.6 is 11.8 Å². The summed E-state index contributed by atoms with van der Waals surface area (Å²) in [5, 5.41) is 3.12. The lowest BCUT2D eigenvalue weighted by atomic mass is 9.85. The third-order valence-corrected chi connectivity index (χ3v) is 6.47. The molecule has 0 aromatic heterocycles. The molecule has 0 amide bonds. The maximum Gasteiger partial charge on any atom is 0.513 e. The SMILES string of the molecule is CCOC(=O)OC1=C(C)NC2=C(C(=O)OC2)C1c1ccccc1SCCOC(=O)c1ccccc1. The number of allylic oxidation sites excluding steroid dienone is 2. The molecule has 2 aromatic carbocycles. The van der Waals surface area contributed by atoms with Gasteiger partial charge in [0.25, 0.3) is 0 Å². The number of carbonyl (C=O) groups is 3. The zero-order chi connectivity index (χ0) is 24.8. The van der Waals surface area contributed by atoms with Crippen molar-refractivity contribution in [2.75, 3.05) is 25.6 Å². The van der Waals surface area contributed by atoms with E-state index in [0.29, 0.717) is 28.3 Å². The molecule has 8 nitrogen and oxygen atoms in total. The minimum Gasteiger partial charge on any atom is -0.461 e. The zero-order valence-electron chi connectivity index (χ0n) is 19.4. The van der Waals surface area contributed by atoms with E-state index < -0.39 is 18.0 Å². The molecule has 1 atom stereocenters. The van der Waals surface area contributed by atoms with Crippen molar-refractivity contribution in [2.45, 2.75) is 24.7 Å². The van der Waals surface area contributed by atoms with Crippen LogP contribution in [0.1, 0.15) is 35.7 Å². The molecule has 4 rings (SSSR count). The van der Waals surface area contributed by atoms with Crippen LogP contribution in [0.4, 0.5) is 4.79 Å². The second kappa shape index (κ2) is 11.1. The first kappa shape index (κ1) is 24.4. The maximum atomic E-state index is 12.7. The molecule has 0 saturated carbocycles. The monoisotopic (exact) mass is 495 g/mol. The van der Waals surface area contributed by atoms with Crippen LogP contribution in [-0.4, -0.2) is 43.7 Å². The molecule has 0 radical (unpaired) electrons. The van der Waals surface area contributed by atoms with Gasteiger partial charge < -0.3 is 24.3 Å². The first-order valence-corrected chi connectivity index (χ1v) is 12.1. The molecule has 1 unspecified atom stereocenters. The zero-order valence-corrected chi connectivity index (χ0v) is 20.2. The van der Waals surface area contributed by atoms with E-state index >= 15 is 0 Å². The Morgan fingerprint density at radius 3 is 2.60 bits per heavy atom. The molecule has 2 heterocycles. The second-order valence-electron chi connectivity index (χ2n) is 7.69. The summed E-state index contributed by atoms with van der Waals surface area (Å²) in [6, 6.07) is 16.3. The number of hydrogen-bond donors (Lipinski definition) is 1. The summed E-state index contributed by atoms with van der Waals surface area (Å²) in [5.41, 5.74) is 2.91. The van der Waals surface area contributed by atoms with Gasteiger partial charge in [0.15, 0.2) is 0 Å². The van der Waals surface area contributed by atoms with Crippen molar-refractivity contribution in [3.63, 3.8) is 0 Å². The Morgan fingerprint density at radius 1 is 1.09 bits per heavy atom. The molecule has 2 aromatic rings. The van der Waals surface area contributed by atoms with Crippen LogP contribution < -0.4 is 5.32 Å². The van der Waals surface area contributed by atoms with E-state index in [-0.39, 0.29) is 31.5 Å². The van der Waals surface area contributed by atoms with Crippen molar-refractivity contribution in [1.29, 1.82) is 0 Å². The van der Waals surface area contributed by atoms with E-state index in [0.717, 1.165) is 10.5 Å². The quantitative estimate of drug-likeness (QED) is 0.245. The van der Waals surface area contributed by atoms with Gasteiger partial charge in [0.1, 0.15) is 19.0 Å². The van der Waals surface area contributed by atoms with Crippen molar-refractivity contribution >= 4 is 29.9 Å². The predicted molar refractivity (Wildman–Crippen MR) is 129 cm³/mol. The molecule has 0 aliphatic carbocycles. The van der Waals surface area contributed by atoms with Gasteiger partial charge in [-0.1, -0.05) is 36.4 Å². The Labute approximate surface area is 207 Å². The highest BCUT2D eigenvalue weighted by Gasteiger charge is 2.41. The molecule has 182 valence electrons. The lowest BCUT2D eigenvalue weighted by molar-refractivity contribution is -0.136. The maximum absolute atomic E-state index is 12.7. The Hall–Kier alpha value is -3.72. The number of esters is 2. The van der Waals surface area contributed by atoms with Crippen LogP contribution in [0, 0.1) is 0 Å². The van der Waals surface area contributed by atoms with Gasteiger partial charge in [0.2, 0.25) is 0 Å². The molecule has 1 N–H and O–H groups in total. The summed E-state index contributed by atoms with van der Waals surface area (Å²) in [7, 11) is 0. The average molecular weight is 496 g/mol. The fraction of sp³-hybridized carbons (Fsp3) is 0.269. The van der Waals surface area contributed by atoms with Crippen molar-refractivity contribution in [3.05, 3.63) is 88.5 Å². The Morgan fingerprint density at radius 2 is 1.83 bits per heavy atom. The van der Waals surface area contributed by atoms with Crippen molar-refractivity contribution in [3.8, 4) is 0 Å². The van der Waals surface area contributed by atoms with E-state index in [1.165, 1.54) is 11.8 Å². The highest BCUT2D eigenvalue weighted by atomic mass is 32.2. The van der Waals surface area contributed by atoms with Crippen LogP contribution in [-0.2, 0) is 23.7 Å². The Balaban J connectivity index is 1.55. The molecule has 0 saturated heterocycles. The largest absolute Gasteiger partial charge is 0.513 e. The number of cyclic esters (lactones) is 1. The molecule has 9 heteroatoms. The lowest BCUT2D eigenvalue weighted by Crippen LogP contribution is -2.28. The standard InChI is InChI=1S/C26H25NO7S/c1-3-31-26(30)34-23-16(2)27-19-15-33-25(29)22(19)21(23)18-11-7-8-12-20(18)35-14-13-32-24(28)17-9-5-4-6-10-17/h4-12,21,27H,3,13-15H2,1-2H3. The topological polar surface area (TPSA) is 100 Å². The first-order chi connectivity index (χ1) is 17.0. The Bertz CT molecular complexity index is 1190. The summed E-state index contributed by atoms with van der Waals surface area (Å²) >= 11 is 1.48. The molecular weight excluding hydrogens is 470 g/mol.